The van der Waals surface area contributed by atoms with Gasteiger partial charge in [-0.3, -0.25) is 0 Å². The second-order valence-electron chi connectivity index (χ2n) is 3.35. The highest BCUT2D eigenvalue weighted by Gasteiger charge is 2.13. The molecule has 0 saturated heterocycles. The molecule has 1 heterocycles. The summed E-state index contributed by atoms with van der Waals surface area (Å²) in [5.41, 5.74) is 5.72. The lowest BCUT2D eigenvalue weighted by Crippen LogP contribution is -2.12. The average Bonchev–Trinajstić information content (AvgIpc) is 2.56. The highest BCUT2D eigenvalue weighted by molar-refractivity contribution is 7.99. The summed E-state index contributed by atoms with van der Waals surface area (Å²) in [4.78, 5) is 10.7. The van der Waals surface area contributed by atoms with Crippen molar-refractivity contribution in [1.29, 1.82) is 0 Å². The highest BCUT2D eigenvalue weighted by atomic mass is 32.2. The minimum absolute atomic E-state index is 0.242. The number of aromatic carboxylic acids is 1. The Morgan fingerprint density at radius 1 is 1.73 bits per heavy atom. The number of hydrogen-bond donors (Lipinski definition) is 2. The Hall–Kier alpha value is -0.940. The largest absolute Gasteiger partial charge is 0.478 e. The Kier molecular flexibility index (Phi) is 4.23. The van der Waals surface area contributed by atoms with Crippen molar-refractivity contribution >= 4 is 17.7 Å². The van der Waals surface area contributed by atoms with Gasteiger partial charge in [-0.1, -0.05) is 6.92 Å². The third-order valence-corrected chi connectivity index (χ3v) is 3.25. The lowest BCUT2D eigenvalue weighted by molar-refractivity contribution is 0.0695. The molecule has 1 atom stereocenters. The number of aryl methyl sites for hydroxylation is 1. The molecule has 1 rings (SSSR count). The van der Waals surface area contributed by atoms with Gasteiger partial charge in [0.25, 0.3) is 0 Å². The molecule has 0 bridgehead atoms. The summed E-state index contributed by atoms with van der Waals surface area (Å²) in [5.74, 6) is 0.861. The minimum atomic E-state index is -0.945. The lowest BCUT2D eigenvalue weighted by Gasteiger charge is -2.05. The van der Waals surface area contributed by atoms with Gasteiger partial charge >= 0.3 is 5.97 Å². The van der Waals surface area contributed by atoms with Crippen molar-refractivity contribution in [2.75, 3.05) is 6.54 Å². The Morgan fingerprint density at radius 2 is 2.40 bits per heavy atom. The summed E-state index contributed by atoms with van der Waals surface area (Å²) in [5, 5.41) is 9.17. The standard InChI is InChI=1S/C10H15NO3S/c1-6(4-11)15-5-8-3-9(10(12)13)7(2)14-8/h3,6H,4-5,11H2,1-2H3,(H,12,13). The van der Waals surface area contributed by atoms with E-state index in [0.29, 0.717) is 29.1 Å². The van der Waals surface area contributed by atoms with Crippen molar-refractivity contribution in [1.82, 2.24) is 0 Å². The van der Waals surface area contributed by atoms with E-state index in [1.165, 1.54) is 0 Å². The molecule has 0 spiro atoms. The second-order valence-corrected chi connectivity index (χ2v) is 4.77. The van der Waals surface area contributed by atoms with Gasteiger partial charge in [-0.2, -0.15) is 0 Å². The Bertz CT molecular complexity index is 348. The molecule has 0 aliphatic carbocycles. The van der Waals surface area contributed by atoms with Crippen LogP contribution in [0.5, 0.6) is 0 Å². The van der Waals surface area contributed by atoms with Crippen LogP contribution in [0.25, 0.3) is 0 Å². The molecule has 3 N–H and O–H groups in total. The average molecular weight is 229 g/mol. The van der Waals surface area contributed by atoms with E-state index in [0.717, 1.165) is 0 Å². The molecule has 15 heavy (non-hydrogen) atoms. The number of carboxylic acid groups (broad SMARTS) is 1. The fourth-order valence-corrected chi connectivity index (χ4v) is 1.85. The van der Waals surface area contributed by atoms with Crippen LogP contribution in [0.4, 0.5) is 0 Å². The van der Waals surface area contributed by atoms with Gasteiger partial charge in [-0.05, 0) is 13.0 Å². The first-order chi connectivity index (χ1) is 7.04. The molecule has 1 aromatic rings. The summed E-state index contributed by atoms with van der Waals surface area (Å²) in [6, 6.07) is 1.58. The quantitative estimate of drug-likeness (QED) is 0.806. The van der Waals surface area contributed by atoms with Crippen LogP contribution in [0.1, 0.15) is 28.8 Å². The summed E-state index contributed by atoms with van der Waals surface area (Å²) in [6.45, 7) is 4.29. The van der Waals surface area contributed by atoms with E-state index < -0.39 is 5.97 Å². The van der Waals surface area contributed by atoms with Crippen molar-refractivity contribution in [3.8, 4) is 0 Å². The number of hydrogen-bond acceptors (Lipinski definition) is 4. The molecular weight excluding hydrogens is 214 g/mol. The normalized spacial score (nSPS) is 12.7. The van der Waals surface area contributed by atoms with E-state index in [4.69, 9.17) is 15.3 Å². The third-order valence-electron chi connectivity index (χ3n) is 2.04. The molecule has 1 unspecified atom stereocenters. The van der Waals surface area contributed by atoms with Crippen LogP contribution in [0.3, 0.4) is 0 Å². The number of furan rings is 1. The van der Waals surface area contributed by atoms with Crippen LogP contribution in [0, 0.1) is 6.92 Å². The predicted molar refractivity (Wildman–Crippen MR) is 60.2 cm³/mol. The topological polar surface area (TPSA) is 76.5 Å². The first kappa shape index (κ1) is 12.1. The van der Waals surface area contributed by atoms with E-state index in [2.05, 4.69) is 0 Å². The van der Waals surface area contributed by atoms with Crippen LogP contribution in [-0.4, -0.2) is 22.9 Å². The Morgan fingerprint density at radius 3 is 2.87 bits per heavy atom. The maximum absolute atomic E-state index is 10.7. The van der Waals surface area contributed by atoms with E-state index in [1.807, 2.05) is 6.92 Å². The van der Waals surface area contributed by atoms with E-state index in [1.54, 1.807) is 24.8 Å². The minimum Gasteiger partial charge on any atom is -0.478 e. The zero-order chi connectivity index (χ0) is 11.4. The molecule has 0 amide bonds. The van der Waals surface area contributed by atoms with Gasteiger partial charge in [0.1, 0.15) is 17.1 Å². The van der Waals surface area contributed by atoms with Crippen LogP contribution in [0.15, 0.2) is 10.5 Å². The van der Waals surface area contributed by atoms with Gasteiger partial charge in [0.2, 0.25) is 0 Å². The van der Waals surface area contributed by atoms with Crippen molar-refractivity contribution < 1.29 is 14.3 Å². The number of nitrogens with two attached hydrogens (primary N) is 1. The molecule has 4 nitrogen and oxygen atoms in total. The molecule has 5 heteroatoms. The first-order valence-electron chi connectivity index (χ1n) is 4.69. The van der Waals surface area contributed by atoms with Crippen LogP contribution < -0.4 is 5.73 Å². The van der Waals surface area contributed by atoms with Gasteiger partial charge in [-0.25, -0.2) is 4.79 Å². The van der Waals surface area contributed by atoms with E-state index >= 15 is 0 Å². The van der Waals surface area contributed by atoms with Gasteiger partial charge in [0.15, 0.2) is 0 Å². The predicted octanol–water partition coefficient (Wildman–Crippen LogP) is 1.87. The summed E-state index contributed by atoms with van der Waals surface area (Å²) < 4.78 is 5.33. The van der Waals surface area contributed by atoms with Crippen LogP contribution in [-0.2, 0) is 5.75 Å². The Labute approximate surface area is 92.8 Å². The fraction of sp³-hybridized carbons (Fsp3) is 0.500. The van der Waals surface area contributed by atoms with Crippen LogP contribution >= 0.6 is 11.8 Å². The molecule has 0 radical (unpaired) electrons. The summed E-state index contributed by atoms with van der Waals surface area (Å²) in [6.07, 6.45) is 0. The molecule has 0 saturated carbocycles. The van der Waals surface area contributed by atoms with Gasteiger partial charge < -0.3 is 15.3 Å². The molecule has 0 fully saturated rings. The van der Waals surface area contributed by atoms with Crippen molar-refractivity contribution in [2.24, 2.45) is 5.73 Å². The number of carboxylic acids is 1. The smallest absolute Gasteiger partial charge is 0.339 e. The number of thioether (sulfide) groups is 1. The maximum atomic E-state index is 10.7. The molecule has 0 aliphatic heterocycles. The van der Waals surface area contributed by atoms with Crippen molar-refractivity contribution in [3.63, 3.8) is 0 Å². The van der Waals surface area contributed by atoms with Gasteiger partial charge in [-0.15, -0.1) is 11.8 Å². The van der Waals surface area contributed by atoms with Crippen LogP contribution in [0.2, 0.25) is 0 Å². The second kappa shape index (κ2) is 5.23. The molecule has 1 aromatic heterocycles. The first-order valence-corrected chi connectivity index (χ1v) is 5.73. The lowest BCUT2D eigenvalue weighted by atomic mass is 10.2. The molecule has 0 aliphatic rings. The maximum Gasteiger partial charge on any atom is 0.339 e. The van der Waals surface area contributed by atoms with Crippen molar-refractivity contribution in [3.05, 3.63) is 23.2 Å². The third kappa shape index (κ3) is 3.28. The highest BCUT2D eigenvalue weighted by Crippen LogP contribution is 2.21. The zero-order valence-corrected chi connectivity index (χ0v) is 9.63. The fourth-order valence-electron chi connectivity index (χ4n) is 1.12. The molecule has 84 valence electrons. The number of rotatable bonds is 5. The monoisotopic (exact) mass is 229 g/mol. The summed E-state index contributed by atoms with van der Waals surface area (Å²) in [7, 11) is 0. The zero-order valence-electron chi connectivity index (χ0n) is 8.82. The van der Waals surface area contributed by atoms with E-state index in [-0.39, 0.29) is 5.56 Å². The summed E-state index contributed by atoms with van der Waals surface area (Å²) >= 11 is 1.65. The SMILES string of the molecule is Cc1oc(CSC(C)CN)cc1C(=O)O. The van der Waals surface area contributed by atoms with Crippen molar-refractivity contribution in [2.45, 2.75) is 24.9 Å². The van der Waals surface area contributed by atoms with Gasteiger partial charge in [0.05, 0.1) is 5.75 Å². The van der Waals surface area contributed by atoms with E-state index in [9.17, 15) is 4.79 Å². The van der Waals surface area contributed by atoms with Gasteiger partial charge in [0, 0.05) is 11.8 Å². The Balaban J connectivity index is 2.63. The number of carbonyl (C=O) groups is 1. The molecule has 0 aromatic carbocycles. The molecular formula is C10H15NO3S.